The van der Waals surface area contributed by atoms with E-state index in [1.807, 2.05) is 24.3 Å². The third-order valence-electron chi connectivity index (χ3n) is 11.9. The number of hydrogen-bond donors (Lipinski definition) is 0. The van der Waals surface area contributed by atoms with Crippen LogP contribution in [-0.4, -0.2) is 19.9 Å². The summed E-state index contributed by atoms with van der Waals surface area (Å²) in [5, 5.41) is 5.38. The molecule has 0 saturated carbocycles. The molecule has 5 heteroatoms. The van der Waals surface area contributed by atoms with Gasteiger partial charge >= 0.3 is 0 Å². The Hall–Kier alpha value is -8.54. The Kier molecular flexibility index (Phi) is 8.75. The Morgan fingerprint density at radius 3 is 1.29 bits per heavy atom. The summed E-state index contributed by atoms with van der Waals surface area (Å²) >= 11 is 0. The van der Waals surface area contributed by atoms with Crippen molar-refractivity contribution in [2.45, 2.75) is 0 Å². The average molecular weight is 805 g/mol. The Morgan fingerprint density at radius 2 is 0.714 bits per heavy atom. The van der Waals surface area contributed by atoms with Gasteiger partial charge in [0.05, 0.1) is 16.6 Å². The molecule has 294 valence electrons. The number of rotatable bonds is 7. The molecule has 12 rings (SSSR count). The lowest BCUT2D eigenvalue weighted by Gasteiger charge is -2.11. The van der Waals surface area contributed by atoms with E-state index in [4.69, 9.17) is 24.4 Å². The maximum Gasteiger partial charge on any atom is 0.164 e. The SMILES string of the molecule is c1ccc(-c2ccc(-c3nc(-c4ccc(-c5ccccc5)cc4)nc(-c4ccc(-c5cccc(-c6nc7cc8ccccc8cc7c7oc8ccccc8c67)c5)cc4)n3)cc2)cc1. The molecule has 63 heavy (non-hydrogen) atoms. The number of aromatic nitrogens is 4. The molecule has 3 aromatic heterocycles. The highest BCUT2D eigenvalue weighted by molar-refractivity contribution is 6.20. The van der Waals surface area contributed by atoms with Gasteiger partial charge in [-0.2, -0.15) is 0 Å². The van der Waals surface area contributed by atoms with Gasteiger partial charge in [-0.25, -0.2) is 19.9 Å². The summed E-state index contributed by atoms with van der Waals surface area (Å²) in [4.78, 5) is 20.6. The van der Waals surface area contributed by atoms with E-state index in [-0.39, 0.29) is 0 Å². The van der Waals surface area contributed by atoms with Crippen LogP contribution in [0.15, 0.2) is 223 Å². The Balaban J connectivity index is 0.929. The van der Waals surface area contributed by atoms with Gasteiger partial charge in [0, 0.05) is 33.0 Å². The summed E-state index contributed by atoms with van der Waals surface area (Å²) in [6, 6.07) is 75.8. The fourth-order valence-corrected chi connectivity index (χ4v) is 8.66. The van der Waals surface area contributed by atoms with Crippen LogP contribution in [0.3, 0.4) is 0 Å². The van der Waals surface area contributed by atoms with Crippen LogP contribution < -0.4 is 0 Å². The van der Waals surface area contributed by atoms with Crippen molar-refractivity contribution in [1.82, 2.24) is 19.9 Å². The van der Waals surface area contributed by atoms with E-state index >= 15 is 0 Å². The van der Waals surface area contributed by atoms with Crippen molar-refractivity contribution in [1.29, 1.82) is 0 Å². The molecule has 0 saturated heterocycles. The van der Waals surface area contributed by atoms with Gasteiger partial charge in [0.2, 0.25) is 0 Å². The topological polar surface area (TPSA) is 64.7 Å². The lowest BCUT2D eigenvalue weighted by Crippen LogP contribution is -2.00. The molecular formula is C58H36N4O. The average Bonchev–Trinajstić information content (AvgIpc) is 3.76. The van der Waals surface area contributed by atoms with Gasteiger partial charge < -0.3 is 4.42 Å². The van der Waals surface area contributed by atoms with Gasteiger partial charge in [-0.3, -0.25) is 0 Å². The van der Waals surface area contributed by atoms with E-state index < -0.39 is 0 Å². The molecule has 5 nitrogen and oxygen atoms in total. The molecule has 0 unspecified atom stereocenters. The fourth-order valence-electron chi connectivity index (χ4n) is 8.66. The van der Waals surface area contributed by atoms with Crippen molar-refractivity contribution in [3.63, 3.8) is 0 Å². The third kappa shape index (κ3) is 6.69. The molecular weight excluding hydrogens is 769 g/mol. The third-order valence-corrected chi connectivity index (χ3v) is 11.9. The van der Waals surface area contributed by atoms with Crippen molar-refractivity contribution < 1.29 is 4.42 Å². The molecule has 9 aromatic carbocycles. The fraction of sp³-hybridized carbons (Fsp3) is 0. The van der Waals surface area contributed by atoms with E-state index in [0.717, 1.165) is 105 Å². The predicted octanol–water partition coefficient (Wildman–Crippen LogP) is 15.1. The maximum atomic E-state index is 6.61. The molecule has 3 heterocycles. The Bertz CT molecular complexity index is 3540. The number of hydrogen-bond acceptors (Lipinski definition) is 5. The van der Waals surface area contributed by atoms with Crippen LogP contribution in [0, 0.1) is 0 Å². The number of nitrogens with zero attached hydrogens (tertiary/aromatic N) is 4. The van der Waals surface area contributed by atoms with Crippen LogP contribution >= 0.6 is 0 Å². The summed E-state index contributed by atoms with van der Waals surface area (Å²) in [7, 11) is 0. The van der Waals surface area contributed by atoms with Crippen molar-refractivity contribution in [2.24, 2.45) is 0 Å². The zero-order valence-electron chi connectivity index (χ0n) is 34.0. The van der Waals surface area contributed by atoms with Gasteiger partial charge in [-0.15, -0.1) is 0 Å². The van der Waals surface area contributed by atoms with Gasteiger partial charge in [0.25, 0.3) is 0 Å². The minimum absolute atomic E-state index is 0.608. The van der Waals surface area contributed by atoms with Crippen LogP contribution in [-0.2, 0) is 0 Å². The molecule has 0 spiro atoms. The standard InChI is InChI=1S/C58H36N4O/c1-3-12-37(13-4-1)39-22-28-42(29-23-39)56-60-57(43-30-24-40(25-31-43)38-14-5-2-6-15-38)62-58(61-56)44-32-26-41(27-33-44)45-18-11-19-48(34-45)54-53-49-20-9-10-21-52(49)63-55(53)50-35-46-16-7-8-17-47(46)36-51(50)59-54/h1-36H. The van der Waals surface area contributed by atoms with E-state index in [0.29, 0.717) is 17.5 Å². The summed E-state index contributed by atoms with van der Waals surface area (Å²) in [5.74, 6) is 1.84. The van der Waals surface area contributed by atoms with E-state index in [2.05, 4.69) is 194 Å². The van der Waals surface area contributed by atoms with Gasteiger partial charge in [-0.1, -0.05) is 194 Å². The van der Waals surface area contributed by atoms with Crippen LogP contribution in [0.25, 0.3) is 122 Å². The molecule has 0 N–H and O–H groups in total. The minimum atomic E-state index is 0.608. The molecule has 12 aromatic rings. The maximum absolute atomic E-state index is 6.61. The number of pyridine rings is 1. The van der Waals surface area contributed by atoms with Gasteiger partial charge in [0.1, 0.15) is 11.2 Å². The smallest absolute Gasteiger partial charge is 0.164 e. The minimum Gasteiger partial charge on any atom is -0.455 e. The molecule has 0 aliphatic carbocycles. The molecule has 0 atom stereocenters. The number of benzene rings is 9. The first-order valence-corrected chi connectivity index (χ1v) is 21.1. The van der Waals surface area contributed by atoms with E-state index in [1.54, 1.807) is 0 Å². The lowest BCUT2D eigenvalue weighted by atomic mass is 9.97. The first kappa shape index (κ1) is 36.3. The normalized spacial score (nSPS) is 11.5. The highest BCUT2D eigenvalue weighted by atomic mass is 16.3. The van der Waals surface area contributed by atoms with E-state index in [9.17, 15) is 0 Å². The largest absolute Gasteiger partial charge is 0.455 e. The van der Waals surface area contributed by atoms with Crippen molar-refractivity contribution in [3.8, 4) is 78.8 Å². The van der Waals surface area contributed by atoms with Crippen LogP contribution in [0.1, 0.15) is 0 Å². The van der Waals surface area contributed by atoms with Gasteiger partial charge in [-0.05, 0) is 68.4 Å². The highest BCUT2D eigenvalue weighted by Gasteiger charge is 2.19. The van der Waals surface area contributed by atoms with Gasteiger partial charge in [0.15, 0.2) is 17.5 Å². The van der Waals surface area contributed by atoms with E-state index in [1.165, 1.54) is 0 Å². The van der Waals surface area contributed by atoms with Crippen molar-refractivity contribution >= 4 is 43.6 Å². The Labute approximate surface area is 363 Å². The number of para-hydroxylation sites is 1. The number of fused-ring (bicyclic) bond motifs is 6. The summed E-state index contributed by atoms with van der Waals surface area (Å²) in [5.41, 5.74) is 14.0. The Morgan fingerprint density at radius 1 is 0.286 bits per heavy atom. The molecule has 0 amide bonds. The molecule has 0 aliphatic heterocycles. The zero-order valence-corrected chi connectivity index (χ0v) is 34.0. The lowest BCUT2D eigenvalue weighted by molar-refractivity contribution is 0.672. The molecule has 0 bridgehead atoms. The summed E-state index contributed by atoms with van der Waals surface area (Å²) in [6.07, 6.45) is 0. The molecule has 0 aliphatic rings. The first-order valence-electron chi connectivity index (χ1n) is 21.1. The van der Waals surface area contributed by atoms with Crippen molar-refractivity contribution in [3.05, 3.63) is 218 Å². The first-order chi connectivity index (χ1) is 31.2. The predicted molar refractivity (Wildman–Crippen MR) is 258 cm³/mol. The molecule has 0 radical (unpaired) electrons. The zero-order chi connectivity index (χ0) is 41.7. The number of furan rings is 1. The van der Waals surface area contributed by atoms with Crippen LogP contribution in [0.5, 0.6) is 0 Å². The van der Waals surface area contributed by atoms with Crippen molar-refractivity contribution in [2.75, 3.05) is 0 Å². The quantitative estimate of drug-likeness (QED) is 0.150. The molecule has 0 fully saturated rings. The van der Waals surface area contributed by atoms with Crippen LogP contribution in [0.4, 0.5) is 0 Å². The van der Waals surface area contributed by atoms with Crippen LogP contribution in [0.2, 0.25) is 0 Å². The summed E-state index contributed by atoms with van der Waals surface area (Å²) < 4.78 is 6.61. The second-order valence-electron chi connectivity index (χ2n) is 15.8. The second-order valence-corrected chi connectivity index (χ2v) is 15.8. The second kappa shape index (κ2) is 15.2. The summed E-state index contributed by atoms with van der Waals surface area (Å²) in [6.45, 7) is 0. The highest BCUT2D eigenvalue weighted by Crippen LogP contribution is 2.41. The monoisotopic (exact) mass is 804 g/mol.